The van der Waals surface area contributed by atoms with Crippen molar-refractivity contribution >= 4 is 0 Å². The molecule has 1 aromatic carbocycles. The molecule has 0 amide bonds. The summed E-state index contributed by atoms with van der Waals surface area (Å²) >= 11 is 0. The molecule has 3 rings (SSSR count). The molecule has 21 heavy (non-hydrogen) atoms. The Morgan fingerprint density at radius 1 is 1.10 bits per heavy atom. The Hall–Kier alpha value is -0.860. The minimum absolute atomic E-state index is 0.183. The van der Waals surface area contributed by atoms with E-state index in [2.05, 4.69) is 61.3 Å². The second-order valence-electron chi connectivity index (χ2n) is 7.96. The Bertz CT molecular complexity index is 436. The maximum absolute atomic E-state index is 3.72. The van der Waals surface area contributed by atoms with Crippen molar-refractivity contribution in [1.82, 2.24) is 10.2 Å². The van der Waals surface area contributed by atoms with Gasteiger partial charge in [0.2, 0.25) is 0 Å². The van der Waals surface area contributed by atoms with Crippen LogP contribution in [-0.4, -0.2) is 30.1 Å². The molecule has 0 aromatic heterocycles. The molecule has 2 nitrogen and oxygen atoms in total. The summed E-state index contributed by atoms with van der Waals surface area (Å²) in [4.78, 5) is 2.74. The maximum Gasteiger partial charge on any atom is 0.0473 e. The average Bonchev–Trinajstić information content (AvgIpc) is 3.00. The Kier molecular flexibility index (Phi) is 4.37. The van der Waals surface area contributed by atoms with Crippen molar-refractivity contribution in [3.63, 3.8) is 0 Å². The van der Waals surface area contributed by atoms with Gasteiger partial charge in [-0.3, -0.25) is 4.90 Å². The van der Waals surface area contributed by atoms with Gasteiger partial charge in [0.25, 0.3) is 0 Å². The molecular formula is C19H30N2. The third kappa shape index (κ3) is 3.67. The van der Waals surface area contributed by atoms with Crippen molar-refractivity contribution in [1.29, 1.82) is 0 Å². The zero-order chi connectivity index (χ0) is 14.9. The van der Waals surface area contributed by atoms with Crippen LogP contribution in [0.15, 0.2) is 30.3 Å². The third-order valence-corrected chi connectivity index (χ3v) is 5.21. The predicted octanol–water partition coefficient (Wildman–Crippen LogP) is 3.85. The van der Waals surface area contributed by atoms with E-state index in [1.165, 1.54) is 37.9 Å². The van der Waals surface area contributed by atoms with Crippen LogP contribution in [0.25, 0.3) is 0 Å². The number of hydrogen-bond donors (Lipinski definition) is 1. The number of nitrogens with zero attached hydrogens (tertiary/aromatic N) is 1. The Balaban J connectivity index is 1.73. The quantitative estimate of drug-likeness (QED) is 0.904. The van der Waals surface area contributed by atoms with Gasteiger partial charge in [-0.05, 0) is 51.0 Å². The molecule has 3 atom stereocenters. The van der Waals surface area contributed by atoms with Crippen molar-refractivity contribution in [2.75, 3.05) is 19.6 Å². The fraction of sp³-hybridized carbons (Fsp3) is 0.684. The summed E-state index contributed by atoms with van der Waals surface area (Å²) in [6.45, 7) is 10.4. The van der Waals surface area contributed by atoms with E-state index in [1.807, 2.05) is 0 Å². The van der Waals surface area contributed by atoms with Gasteiger partial charge < -0.3 is 5.32 Å². The van der Waals surface area contributed by atoms with Gasteiger partial charge in [0.05, 0.1) is 0 Å². The number of likely N-dealkylation sites (tertiary alicyclic amines) is 1. The van der Waals surface area contributed by atoms with Crippen molar-refractivity contribution in [3.05, 3.63) is 35.9 Å². The number of hydrogen-bond acceptors (Lipinski definition) is 2. The van der Waals surface area contributed by atoms with Crippen LogP contribution in [0.5, 0.6) is 0 Å². The van der Waals surface area contributed by atoms with Gasteiger partial charge in [-0.2, -0.15) is 0 Å². The lowest BCUT2D eigenvalue weighted by Gasteiger charge is -2.32. The highest BCUT2D eigenvalue weighted by Gasteiger charge is 2.39. The molecule has 2 fully saturated rings. The monoisotopic (exact) mass is 286 g/mol. The first kappa shape index (κ1) is 15.1. The van der Waals surface area contributed by atoms with Crippen LogP contribution in [0.3, 0.4) is 0 Å². The summed E-state index contributed by atoms with van der Waals surface area (Å²) in [6.07, 6.45) is 4.37. The first-order valence-electron chi connectivity index (χ1n) is 8.57. The molecule has 1 saturated heterocycles. The van der Waals surface area contributed by atoms with E-state index in [4.69, 9.17) is 0 Å². The Morgan fingerprint density at radius 3 is 2.29 bits per heavy atom. The summed E-state index contributed by atoms with van der Waals surface area (Å²) in [5.41, 5.74) is 1.65. The molecule has 116 valence electrons. The molecule has 1 heterocycles. The van der Waals surface area contributed by atoms with Crippen LogP contribution in [0.1, 0.15) is 51.6 Å². The van der Waals surface area contributed by atoms with E-state index < -0.39 is 0 Å². The molecule has 0 radical (unpaired) electrons. The summed E-state index contributed by atoms with van der Waals surface area (Å²) in [7, 11) is 0. The normalized spacial score (nSPS) is 27.8. The molecule has 0 bridgehead atoms. The highest BCUT2D eigenvalue weighted by atomic mass is 15.2. The van der Waals surface area contributed by atoms with E-state index in [1.54, 1.807) is 0 Å². The number of nitrogens with one attached hydrogen (secondary N) is 1. The standard InChI is InChI=1S/C19H30N2/c1-19(2,3)20-12-18(15-8-5-4-6-9-15)21-13-16-10-7-11-17(16)14-21/h4-6,8-9,16-18,20H,7,10-14H2,1-3H3. The lowest BCUT2D eigenvalue weighted by Crippen LogP contribution is -2.43. The average molecular weight is 286 g/mol. The van der Waals surface area contributed by atoms with E-state index in [9.17, 15) is 0 Å². The topological polar surface area (TPSA) is 15.3 Å². The van der Waals surface area contributed by atoms with E-state index >= 15 is 0 Å². The highest BCUT2D eigenvalue weighted by molar-refractivity contribution is 5.20. The molecule has 3 unspecified atom stereocenters. The molecule has 2 aliphatic rings. The highest BCUT2D eigenvalue weighted by Crippen LogP contribution is 2.40. The van der Waals surface area contributed by atoms with Crippen LogP contribution in [0, 0.1) is 11.8 Å². The molecule has 1 aliphatic heterocycles. The first-order valence-corrected chi connectivity index (χ1v) is 8.57. The van der Waals surface area contributed by atoms with Crippen LogP contribution in [-0.2, 0) is 0 Å². The first-order chi connectivity index (χ1) is 10.0. The molecule has 1 aliphatic carbocycles. The van der Waals surface area contributed by atoms with Gasteiger partial charge in [0.15, 0.2) is 0 Å². The second kappa shape index (κ2) is 6.10. The third-order valence-electron chi connectivity index (χ3n) is 5.21. The van der Waals surface area contributed by atoms with Crippen LogP contribution >= 0.6 is 0 Å². The van der Waals surface area contributed by atoms with Gasteiger partial charge in [-0.1, -0.05) is 36.8 Å². The van der Waals surface area contributed by atoms with Crippen LogP contribution in [0.4, 0.5) is 0 Å². The second-order valence-corrected chi connectivity index (χ2v) is 7.96. The van der Waals surface area contributed by atoms with E-state index in [0.717, 1.165) is 18.4 Å². The molecule has 0 spiro atoms. The molecule has 1 aromatic rings. The lowest BCUT2D eigenvalue weighted by molar-refractivity contribution is 0.208. The van der Waals surface area contributed by atoms with Gasteiger partial charge in [0, 0.05) is 31.2 Å². The predicted molar refractivity (Wildman–Crippen MR) is 89.3 cm³/mol. The Morgan fingerprint density at radius 2 is 1.71 bits per heavy atom. The molecule has 1 N–H and O–H groups in total. The lowest BCUT2D eigenvalue weighted by atomic mass is 10.0. The zero-order valence-corrected chi connectivity index (χ0v) is 13.8. The summed E-state index contributed by atoms with van der Waals surface area (Å²) in [5.74, 6) is 1.93. The molecular weight excluding hydrogens is 256 g/mol. The molecule has 2 heteroatoms. The van der Waals surface area contributed by atoms with E-state index in [0.29, 0.717) is 6.04 Å². The Labute approximate surface area is 129 Å². The van der Waals surface area contributed by atoms with Gasteiger partial charge in [0.1, 0.15) is 0 Å². The number of rotatable bonds is 4. The van der Waals surface area contributed by atoms with Crippen molar-refractivity contribution in [2.45, 2.75) is 51.6 Å². The molecule has 1 saturated carbocycles. The van der Waals surface area contributed by atoms with Gasteiger partial charge >= 0.3 is 0 Å². The summed E-state index contributed by atoms with van der Waals surface area (Å²) < 4.78 is 0. The zero-order valence-electron chi connectivity index (χ0n) is 13.8. The van der Waals surface area contributed by atoms with Crippen molar-refractivity contribution < 1.29 is 0 Å². The fourth-order valence-corrected chi connectivity index (χ4v) is 4.06. The van der Waals surface area contributed by atoms with Crippen molar-refractivity contribution in [2.24, 2.45) is 11.8 Å². The van der Waals surface area contributed by atoms with Crippen LogP contribution in [0.2, 0.25) is 0 Å². The van der Waals surface area contributed by atoms with Crippen molar-refractivity contribution in [3.8, 4) is 0 Å². The summed E-state index contributed by atoms with van der Waals surface area (Å²) in [5, 5.41) is 3.72. The number of benzene rings is 1. The van der Waals surface area contributed by atoms with Gasteiger partial charge in [-0.15, -0.1) is 0 Å². The smallest absolute Gasteiger partial charge is 0.0473 e. The van der Waals surface area contributed by atoms with E-state index in [-0.39, 0.29) is 5.54 Å². The maximum atomic E-state index is 3.72. The SMILES string of the molecule is CC(C)(C)NCC(c1ccccc1)N1CC2CCCC2C1. The minimum Gasteiger partial charge on any atom is -0.310 e. The fourth-order valence-electron chi connectivity index (χ4n) is 4.06. The minimum atomic E-state index is 0.183. The largest absolute Gasteiger partial charge is 0.310 e. The van der Waals surface area contributed by atoms with Crippen LogP contribution < -0.4 is 5.32 Å². The summed E-state index contributed by atoms with van der Waals surface area (Å²) in [6, 6.07) is 11.6. The van der Waals surface area contributed by atoms with Gasteiger partial charge in [-0.25, -0.2) is 0 Å². The number of fused-ring (bicyclic) bond motifs is 1.